The number of halogens is 1. The molecule has 2 aromatic rings. The van der Waals surface area contributed by atoms with Crippen LogP contribution in [0.2, 0.25) is 0 Å². The predicted octanol–water partition coefficient (Wildman–Crippen LogP) is 3.70. The van der Waals surface area contributed by atoms with Crippen molar-refractivity contribution in [2.24, 2.45) is 0 Å². The maximum atomic E-state index is 11.9. The molecule has 0 saturated heterocycles. The number of nitrogens with one attached hydrogen (secondary N) is 2. The first-order valence-corrected chi connectivity index (χ1v) is 6.47. The zero-order valence-electron chi connectivity index (χ0n) is 10.9. The number of furan rings is 1. The highest BCUT2D eigenvalue weighted by Crippen LogP contribution is 2.29. The van der Waals surface area contributed by atoms with Gasteiger partial charge in [0.2, 0.25) is 5.88 Å². The second-order valence-corrected chi connectivity index (χ2v) is 4.53. The third-order valence-electron chi connectivity index (χ3n) is 2.46. The minimum absolute atomic E-state index is 0.330. The number of amides is 2. The summed E-state index contributed by atoms with van der Waals surface area (Å²) in [6, 6.07) is 7.98. The van der Waals surface area contributed by atoms with Crippen LogP contribution >= 0.6 is 15.9 Å². The number of carbonyl (C=O) groups is 1. The summed E-state index contributed by atoms with van der Waals surface area (Å²) in [5, 5.41) is 5.22. The van der Waals surface area contributed by atoms with Gasteiger partial charge in [-0.15, -0.1) is 0 Å². The normalized spacial score (nSPS) is 9.95. The van der Waals surface area contributed by atoms with E-state index >= 15 is 0 Å². The van der Waals surface area contributed by atoms with Crippen molar-refractivity contribution < 1.29 is 18.7 Å². The van der Waals surface area contributed by atoms with Crippen molar-refractivity contribution in [3.8, 4) is 11.5 Å². The smallest absolute Gasteiger partial charge is 0.326 e. The molecule has 0 spiro atoms. The molecule has 106 valence electrons. The van der Waals surface area contributed by atoms with Crippen molar-refractivity contribution in [1.29, 1.82) is 0 Å². The van der Waals surface area contributed by atoms with E-state index in [0.717, 1.165) is 0 Å². The third kappa shape index (κ3) is 3.45. The zero-order valence-corrected chi connectivity index (χ0v) is 12.5. The lowest BCUT2D eigenvalue weighted by Gasteiger charge is -2.11. The SMILES string of the molecule is COc1ccc(OC)c(NC(=O)Nc2ccc(Br)o2)c1. The van der Waals surface area contributed by atoms with Crippen LogP contribution in [0.5, 0.6) is 11.5 Å². The van der Waals surface area contributed by atoms with Gasteiger partial charge < -0.3 is 19.2 Å². The summed E-state index contributed by atoms with van der Waals surface area (Å²) in [7, 11) is 3.07. The minimum atomic E-state index is -0.446. The lowest BCUT2D eigenvalue weighted by Crippen LogP contribution is -2.19. The first kappa shape index (κ1) is 14.3. The van der Waals surface area contributed by atoms with Crippen LogP contribution in [0.25, 0.3) is 0 Å². The Morgan fingerprint density at radius 2 is 1.95 bits per heavy atom. The summed E-state index contributed by atoms with van der Waals surface area (Å²) in [5.41, 5.74) is 0.495. The van der Waals surface area contributed by atoms with E-state index in [4.69, 9.17) is 13.9 Å². The third-order valence-corrected chi connectivity index (χ3v) is 2.89. The number of benzene rings is 1. The van der Waals surface area contributed by atoms with Crippen molar-refractivity contribution in [3.05, 3.63) is 35.0 Å². The molecule has 2 rings (SSSR count). The highest BCUT2D eigenvalue weighted by Gasteiger charge is 2.10. The van der Waals surface area contributed by atoms with Crippen LogP contribution < -0.4 is 20.1 Å². The van der Waals surface area contributed by atoms with Gasteiger partial charge in [-0.05, 0) is 34.1 Å². The number of hydrogen-bond acceptors (Lipinski definition) is 4. The van der Waals surface area contributed by atoms with Crippen LogP contribution in [-0.2, 0) is 0 Å². The van der Waals surface area contributed by atoms with Crippen molar-refractivity contribution in [2.45, 2.75) is 0 Å². The highest BCUT2D eigenvalue weighted by molar-refractivity contribution is 9.10. The number of anilines is 2. The Morgan fingerprint density at radius 3 is 2.55 bits per heavy atom. The van der Waals surface area contributed by atoms with E-state index < -0.39 is 6.03 Å². The molecule has 7 heteroatoms. The summed E-state index contributed by atoms with van der Waals surface area (Å²) in [6.07, 6.45) is 0. The van der Waals surface area contributed by atoms with E-state index in [1.807, 2.05) is 0 Å². The fourth-order valence-electron chi connectivity index (χ4n) is 1.56. The van der Waals surface area contributed by atoms with Gasteiger partial charge in [-0.2, -0.15) is 0 Å². The fraction of sp³-hybridized carbons (Fsp3) is 0.154. The topological polar surface area (TPSA) is 72.7 Å². The number of carbonyl (C=O) groups excluding carboxylic acids is 1. The second-order valence-electron chi connectivity index (χ2n) is 3.75. The van der Waals surface area contributed by atoms with Crippen molar-refractivity contribution in [1.82, 2.24) is 0 Å². The van der Waals surface area contributed by atoms with Gasteiger partial charge >= 0.3 is 6.03 Å². The largest absolute Gasteiger partial charge is 0.497 e. The second kappa shape index (κ2) is 6.33. The van der Waals surface area contributed by atoms with Gasteiger partial charge in [-0.1, -0.05) is 0 Å². The molecule has 0 radical (unpaired) electrons. The Balaban J connectivity index is 2.10. The maximum Gasteiger partial charge on any atom is 0.326 e. The molecule has 0 aliphatic heterocycles. The molecule has 0 aliphatic rings. The van der Waals surface area contributed by atoms with Crippen LogP contribution in [0.15, 0.2) is 39.4 Å². The molecular weight excluding hydrogens is 328 g/mol. The molecule has 0 aliphatic carbocycles. The molecule has 1 aromatic heterocycles. The first-order valence-electron chi connectivity index (χ1n) is 5.67. The molecule has 0 atom stereocenters. The first-order chi connectivity index (χ1) is 9.62. The van der Waals surface area contributed by atoms with Crippen molar-refractivity contribution in [3.63, 3.8) is 0 Å². The lowest BCUT2D eigenvalue weighted by molar-refractivity contribution is 0.261. The zero-order chi connectivity index (χ0) is 14.5. The molecule has 0 bridgehead atoms. The van der Waals surface area contributed by atoms with E-state index in [1.165, 1.54) is 7.11 Å². The standard InChI is InChI=1S/C13H13BrN2O4/c1-18-8-3-4-10(19-2)9(7-8)15-13(17)16-12-6-5-11(14)20-12/h3-7H,1-2H3,(H2,15,16,17). The molecule has 6 nitrogen and oxygen atoms in total. The van der Waals surface area contributed by atoms with Crippen LogP contribution in [-0.4, -0.2) is 20.3 Å². The Bertz CT molecular complexity index is 612. The Morgan fingerprint density at radius 1 is 1.15 bits per heavy atom. The van der Waals surface area contributed by atoms with E-state index in [9.17, 15) is 4.79 Å². The molecule has 2 amide bonds. The maximum absolute atomic E-state index is 11.9. The monoisotopic (exact) mass is 340 g/mol. The quantitative estimate of drug-likeness (QED) is 0.889. The van der Waals surface area contributed by atoms with Gasteiger partial charge in [-0.3, -0.25) is 5.32 Å². The number of ether oxygens (including phenoxy) is 2. The average molecular weight is 341 g/mol. The Kier molecular flexibility index (Phi) is 4.52. The molecule has 2 N–H and O–H groups in total. The van der Waals surface area contributed by atoms with Crippen LogP contribution in [0.3, 0.4) is 0 Å². The summed E-state index contributed by atoms with van der Waals surface area (Å²) in [6.45, 7) is 0. The number of rotatable bonds is 4. The molecular formula is C13H13BrN2O4. The van der Waals surface area contributed by atoms with Gasteiger partial charge in [0, 0.05) is 12.1 Å². The summed E-state index contributed by atoms with van der Waals surface area (Å²) < 4.78 is 16.0. The van der Waals surface area contributed by atoms with E-state index in [0.29, 0.717) is 27.7 Å². The van der Waals surface area contributed by atoms with E-state index in [-0.39, 0.29) is 0 Å². The molecule has 0 saturated carbocycles. The van der Waals surface area contributed by atoms with Gasteiger partial charge in [0.05, 0.1) is 19.9 Å². The molecule has 1 heterocycles. The van der Waals surface area contributed by atoms with E-state index in [1.54, 1.807) is 37.4 Å². The summed E-state index contributed by atoms with van der Waals surface area (Å²) in [4.78, 5) is 11.9. The van der Waals surface area contributed by atoms with Gasteiger partial charge in [-0.25, -0.2) is 4.79 Å². The number of hydrogen-bond donors (Lipinski definition) is 2. The minimum Gasteiger partial charge on any atom is -0.497 e. The summed E-state index contributed by atoms with van der Waals surface area (Å²) in [5.74, 6) is 1.47. The van der Waals surface area contributed by atoms with Crippen LogP contribution in [0, 0.1) is 0 Å². The predicted molar refractivity (Wildman–Crippen MR) is 78.6 cm³/mol. The highest BCUT2D eigenvalue weighted by atomic mass is 79.9. The molecule has 1 aromatic carbocycles. The van der Waals surface area contributed by atoms with Gasteiger partial charge in [0.15, 0.2) is 4.67 Å². The van der Waals surface area contributed by atoms with E-state index in [2.05, 4.69) is 26.6 Å². The molecule has 20 heavy (non-hydrogen) atoms. The molecule has 0 unspecified atom stereocenters. The van der Waals surface area contributed by atoms with Crippen molar-refractivity contribution >= 4 is 33.5 Å². The molecule has 0 fully saturated rings. The van der Waals surface area contributed by atoms with Crippen molar-refractivity contribution in [2.75, 3.05) is 24.9 Å². The fourth-order valence-corrected chi connectivity index (χ4v) is 1.87. The Labute approximate surface area is 124 Å². The van der Waals surface area contributed by atoms with Crippen LogP contribution in [0.4, 0.5) is 16.4 Å². The van der Waals surface area contributed by atoms with Crippen LogP contribution in [0.1, 0.15) is 0 Å². The number of urea groups is 1. The van der Waals surface area contributed by atoms with Gasteiger partial charge in [0.1, 0.15) is 11.5 Å². The average Bonchev–Trinajstić information content (AvgIpc) is 2.83. The Hall–Kier alpha value is -2.15. The summed E-state index contributed by atoms with van der Waals surface area (Å²) >= 11 is 3.16. The number of methoxy groups -OCH3 is 2. The van der Waals surface area contributed by atoms with Gasteiger partial charge in [0.25, 0.3) is 0 Å². The lowest BCUT2D eigenvalue weighted by atomic mass is 10.2.